The molecule has 0 bridgehead atoms. The fourth-order valence-electron chi connectivity index (χ4n) is 1.30. The first-order valence-corrected chi connectivity index (χ1v) is 5.40. The second-order valence-electron chi connectivity index (χ2n) is 3.61. The van der Waals surface area contributed by atoms with Crippen molar-refractivity contribution in [2.24, 2.45) is 5.73 Å². The van der Waals surface area contributed by atoms with Gasteiger partial charge in [0.1, 0.15) is 5.69 Å². The molecule has 0 aromatic heterocycles. The van der Waals surface area contributed by atoms with E-state index >= 15 is 0 Å². The van der Waals surface area contributed by atoms with E-state index in [1.165, 1.54) is 5.32 Å². The third-order valence-electron chi connectivity index (χ3n) is 2.27. The Kier molecular flexibility index (Phi) is 5.19. The van der Waals surface area contributed by atoms with E-state index in [1.54, 1.807) is 6.92 Å². The summed E-state index contributed by atoms with van der Waals surface area (Å²) >= 11 is 0. The van der Waals surface area contributed by atoms with Gasteiger partial charge in [-0.15, -0.1) is 0 Å². The van der Waals surface area contributed by atoms with Crippen molar-refractivity contribution in [3.8, 4) is 0 Å². The zero-order valence-corrected chi connectivity index (χ0v) is 9.81. The van der Waals surface area contributed by atoms with Crippen LogP contribution >= 0.6 is 0 Å². The zero-order valence-electron chi connectivity index (χ0n) is 9.81. The number of quaternary nitrogens is 1. The average Bonchev–Trinajstić information content (AvgIpc) is 2.36. The van der Waals surface area contributed by atoms with Gasteiger partial charge in [0.05, 0.1) is 6.61 Å². The Morgan fingerprint density at radius 2 is 2.06 bits per heavy atom. The maximum absolute atomic E-state index is 11.8. The third kappa shape index (κ3) is 4.26. The topological polar surface area (TPSA) is 92.0 Å². The van der Waals surface area contributed by atoms with Crippen molar-refractivity contribution in [3.05, 3.63) is 41.7 Å². The van der Waals surface area contributed by atoms with E-state index in [1.807, 2.05) is 30.3 Å². The predicted octanol–water partition coefficient (Wildman–Crippen LogP) is -0.820. The lowest BCUT2D eigenvalue weighted by Gasteiger charge is -2.07. The molecule has 1 aromatic carbocycles. The number of amides is 1. The number of para-hydroxylation sites is 1. The molecular formula is C12H18N3O2+. The minimum absolute atomic E-state index is 0.00120. The Morgan fingerprint density at radius 1 is 1.41 bits per heavy atom. The number of nitrogens with one attached hydrogen (secondary N) is 1. The van der Waals surface area contributed by atoms with Crippen molar-refractivity contribution in [3.63, 3.8) is 0 Å². The van der Waals surface area contributed by atoms with Crippen molar-refractivity contribution in [1.82, 2.24) is 5.32 Å². The molecule has 5 heteroatoms. The Labute approximate surface area is 100 Å². The molecule has 1 aromatic rings. The van der Waals surface area contributed by atoms with Gasteiger partial charge in [-0.05, 0) is 19.1 Å². The van der Waals surface area contributed by atoms with Crippen LogP contribution in [0, 0.1) is 0 Å². The highest BCUT2D eigenvalue weighted by Crippen LogP contribution is 1.97. The molecule has 1 amide bonds. The van der Waals surface area contributed by atoms with E-state index in [0.29, 0.717) is 12.2 Å². The minimum atomic E-state index is -0.237. The first-order chi connectivity index (χ1) is 8.15. The van der Waals surface area contributed by atoms with Gasteiger partial charge >= 0.3 is 5.91 Å². The molecule has 0 aliphatic rings. The molecule has 0 heterocycles. The van der Waals surface area contributed by atoms with Crippen LogP contribution < -0.4 is 16.4 Å². The summed E-state index contributed by atoms with van der Waals surface area (Å²) in [4.78, 5) is 11.8. The average molecular weight is 236 g/mol. The van der Waals surface area contributed by atoms with Gasteiger partial charge in [-0.1, -0.05) is 18.2 Å². The molecule has 0 radical (unpaired) electrons. The second kappa shape index (κ2) is 6.67. The molecule has 5 nitrogen and oxygen atoms in total. The quantitative estimate of drug-likeness (QED) is 0.397. The molecule has 0 unspecified atom stereocenters. The van der Waals surface area contributed by atoms with Crippen LogP contribution in [-0.4, -0.2) is 24.2 Å². The second-order valence-corrected chi connectivity index (χ2v) is 3.61. The Morgan fingerprint density at radius 3 is 2.65 bits per heavy atom. The minimum Gasteiger partial charge on any atom is -0.395 e. The summed E-state index contributed by atoms with van der Waals surface area (Å²) in [5.41, 5.74) is 7.27. The molecule has 0 saturated heterocycles. The summed E-state index contributed by atoms with van der Waals surface area (Å²) in [7, 11) is 0. The lowest BCUT2D eigenvalue weighted by atomic mass is 10.3. The van der Waals surface area contributed by atoms with E-state index in [-0.39, 0.29) is 18.2 Å². The Bertz CT molecular complexity index is 401. The number of carbonyl (C=O) groups excluding carboxylic acids is 1. The predicted molar refractivity (Wildman–Crippen MR) is 65.0 cm³/mol. The molecule has 0 aliphatic carbocycles. The smallest absolute Gasteiger partial charge is 0.365 e. The van der Waals surface area contributed by atoms with Gasteiger partial charge in [0.15, 0.2) is 5.70 Å². The van der Waals surface area contributed by atoms with Gasteiger partial charge in [-0.25, -0.2) is 10.1 Å². The van der Waals surface area contributed by atoms with Gasteiger partial charge in [-0.2, -0.15) is 0 Å². The van der Waals surface area contributed by atoms with Gasteiger partial charge in [0.25, 0.3) is 0 Å². The molecule has 0 spiro atoms. The highest BCUT2D eigenvalue weighted by molar-refractivity contribution is 5.86. The SMILES string of the molecule is C/C(NCCO)=C(\N)C(=O)[NH2+]c1ccccc1. The van der Waals surface area contributed by atoms with Crippen LogP contribution in [0.2, 0.25) is 0 Å². The van der Waals surface area contributed by atoms with Crippen LogP contribution in [0.1, 0.15) is 6.92 Å². The molecule has 6 N–H and O–H groups in total. The van der Waals surface area contributed by atoms with Crippen LogP contribution in [0.15, 0.2) is 41.7 Å². The Hall–Kier alpha value is -1.85. The van der Waals surface area contributed by atoms with Gasteiger partial charge in [-0.3, -0.25) is 0 Å². The number of nitrogens with two attached hydrogens (primary N) is 2. The van der Waals surface area contributed by atoms with Crippen molar-refractivity contribution < 1.29 is 15.2 Å². The lowest BCUT2D eigenvalue weighted by molar-refractivity contribution is -0.479. The van der Waals surface area contributed by atoms with Gasteiger partial charge < -0.3 is 16.2 Å². The lowest BCUT2D eigenvalue weighted by Crippen LogP contribution is -2.83. The van der Waals surface area contributed by atoms with Crippen LogP contribution in [0.3, 0.4) is 0 Å². The summed E-state index contributed by atoms with van der Waals surface area (Å²) in [6.07, 6.45) is 0. The molecule has 0 atom stereocenters. The third-order valence-corrected chi connectivity index (χ3v) is 2.27. The van der Waals surface area contributed by atoms with Crippen LogP contribution in [0.5, 0.6) is 0 Å². The number of hydrogen-bond acceptors (Lipinski definition) is 4. The van der Waals surface area contributed by atoms with Crippen molar-refractivity contribution >= 4 is 11.6 Å². The molecule has 0 fully saturated rings. The summed E-state index contributed by atoms with van der Waals surface area (Å²) in [5, 5.41) is 13.0. The fraction of sp³-hybridized carbons (Fsp3) is 0.250. The monoisotopic (exact) mass is 236 g/mol. The van der Waals surface area contributed by atoms with E-state index in [0.717, 1.165) is 5.69 Å². The van der Waals surface area contributed by atoms with E-state index in [2.05, 4.69) is 5.32 Å². The molecular weight excluding hydrogens is 218 g/mol. The van der Waals surface area contributed by atoms with Crippen LogP contribution in [0.25, 0.3) is 0 Å². The fourth-order valence-corrected chi connectivity index (χ4v) is 1.30. The maximum atomic E-state index is 11.8. The molecule has 1 rings (SSSR count). The largest absolute Gasteiger partial charge is 0.395 e. The number of carbonyl (C=O) groups is 1. The van der Waals surface area contributed by atoms with Crippen LogP contribution in [0.4, 0.5) is 5.69 Å². The van der Waals surface area contributed by atoms with E-state index in [4.69, 9.17) is 10.8 Å². The van der Waals surface area contributed by atoms with Crippen LogP contribution in [-0.2, 0) is 4.79 Å². The molecule has 0 saturated carbocycles. The Balaban J connectivity index is 2.64. The van der Waals surface area contributed by atoms with E-state index in [9.17, 15) is 4.79 Å². The summed E-state index contributed by atoms with van der Waals surface area (Å²) in [6.45, 7) is 2.09. The number of benzene rings is 1. The van der Waals surface area contributed by atoms with Gasteiger partial charge in [0.2, 0.25) is 0 Å². The number of rotatable bonds is 5. The van der Waals surface area contributed by atoms with Crippen molar-refractivity contribution in [2.75, 3.05) is 13.2 Å². The summed E-state index contributed by atoms with van der Waals surface area (Å²) in [5.74, 6) is -0.237. The van der Waals surface area contributed by atoms with Gasteiger partial charge in [0, 0.05) is 12.2 Å². The zero-order chi connectivity index (χ0) is 12.7. The summed E-state index contributed by atoms with van der Waals surface area (Å²) < 4.78 is 0. The first-order valence-electron chi connectivity index (χ1n) is 5.40. The van der Waals surface area contributed by atoms with E-state index < -0.39 is 0 Å². The summed E-state index contributed by atoms with van der Waals surface area (Å²) in [6, 6.07) is 9.27. The molecule has 92 valence electrons. The standard InChI is InChI=1S/C12H17N3O2/c1-9(14-7-8-16)11(13)12(17)15-10-5-3-2-4-6-10/h2-6,14,16H,7-8,13H2,1H3,(H,15,17)/p+1/b11-9+. The molecule has 0 aliphatic heterocycles. The first kappa shape index (κ1) is 13.2. The number of hydrogen-bond donors (Lipinski definition) is 4. The van der Waals surface area contributed by atoms with Crippen molar-refractivity contribution in [2.45, 2.75) is 6.92 Å². The number of aliphatic hydroxyl groups is 1. The normalized spacial score (nSPS) is 11.9. The highest BCUT2D eigenvalue weighted by atomic mass is 16.3. The van der Waals surface area contributed by atoms with Crippen molar-refractivity contribution in [1.29, 1.82) is 0 Å². The molecule has 17 heavy (non-hydrogen) atoms. The highest BCUT2D eigenvalue weighted by Gasteiger charge is 2.13. The number of primary amides is 1. The number of allylic oxidation sites excluding steroid dienone is 1. The maximum Gasteiger partial charge on any atom is 0.365 e. The number of aliphatic hydroxyl groups excluding tert-OH is 1.